The van der Waals surface area contributed by atoms with Crippen LogP contribution in [0.25, 0.3) is 11.4 Å². The van der Waals surface area contributed by atoms with Gasteiger partial charge in [0.1, 0.15) is 5.82 Å². The van der Waals surface area contributed by atoms with E-state index in [1.54, 1.807) is 17.2 Å². The van der Waals surface area contributed by atoms with Gasteiger partial charge in [0.2, 0.25) is 0 Å². The van der Waals surface area contributed by atoms with Crippen molar-refractivity contribution in [3.8, 4) is 17.1 Å². The number of H-pyrrole nitrogens is 1. The molecule has 0 unspecified atom stereocenters. The zero-order valence-electron chi connectivity index (χ0n) is 15.4. The number of ether oxygens (including phenoxy) is 1. The Hall–Kier alpha value is -2.93. The second-order valence-electron chi connectivity index (χ2n) is 6.82. The van der Waals surface area contributed by atoms with Crippen molar-refractivity contribution in [3.63, 3.8) is 0 Å². The van der Waals surface area contributed by atoms with E-state index >= 15 is 0 Å². The molecule has 0 radical (unpaired) electrons. The number of aromatic amines is 1. The lowest BCUT2D eigenvalue weighted by Crippen LogP contribution is -2.39. The first-order valence-electron chi connectivity index (χ1n) is 9.16. The molecular weight excluding hydrogens is 378 g/mol. The van der Waals surface area contributed by atoms with Crippen molar-refractivity contribution >= 4 is 17.7 Å². The van der Waals surface area contributed by atoms with Crippen molar-refractivity contribution in [2.75, 3.05) is 13.1 Å². The van der Waals surface area contributed by atoms with Crippen LogP contribution in [0.1, 0.15) is 30.3 Å². The van der Waals surface area contributed by atoms with Crippen molar-refractivity contribution < 1.29 is 9.53 Å². The first-order valence-corrected chi connectivity index (χ1v) is 9.54. The normalized spacial score (nSPS) is 14.9. The summed E-state index contributed by atoms with van der Waals surface area (Å²) in [6.07, 6.45) is 2.82. The number of aryl methyl sites for hydroxylation is 1. The van der Waals surface area contributed by atoms with Gasteiger partial charge in [-0.05, 0) is 56.2 Å². The van der Waals surface area contributed by atoms with Crippen molar-refractivity contribution in [3.05, 3.63) is 59.1 Å². The Morgan fingerprint density at radius 1 is 1.18 bits per heavy atom. The van der Waals surface area contributed by atoms with Gasteiger partial charge in [0, 0.05) is 35.3 Å². The molecule has 2 aromatic heterocycles. The zero-order valence-corrected chi connectivity index (χ0v) is 16.2. The summed E-state index contributed by atoms with van der Waals surface area (Å²) in [5.41, 5.74) is 1.80. The molecule has 28 heavy (non-hydrogen) atoms. The van der Waals surface area contributed by atoms with Gasteiger partial charge >= 0.3 is 6.09 Å². The molecule has 1 fully saturated rings. The van der Waals surface area contributed by atoms with Crippen LogP contribution in [-0.4, -0.2) is 44.2 Å². The van der Waals surface area contributed by atoms with Crippen molar-refractivity contribution in [2.24, 2.45) is 0 Å². The number of aromatic nitrogens is 4. The maximum Gasteiger partial charge on any atom is 0.415 e. The molecule has 1 aliphatic rings. The SMILES string of the molecule is Cc1ccc(OC(=O)N2CCC(c3nc(-c4ccc(Cl)cc4)n[nH]3)CC2)cn1. The number of nitrogens with zero attached hydrogens (tertiary/aromatic N) is 4. The third-order valence-electron chi connectivity index (χ3n) is 4.83. The van der Waals surface area contributed by atoms with Crippen LogP contribution in [0.3, 0.4) is 0 Å². The van der Waals surface area contributed by atoms with Crippen LogP contribution in [0.4, 0.5) is 4.79 Å². The van der Waals surface area contributed by atoms with Gasteiger partial charge in [-0.2, -0.15) is 5.10 Å². The second-order valence-corrected chi connectivity index (χ2v) is 7.25. The summed E-state index contributed by atoms with van der Waals surface area (Å²) >= 11 is 5.93. The molecule has 4 rings (SSSR count). The molecule has 1 aliphatic heterocycles. The molecule has 0 bridgehead atoms. The van der Waals surface area contributed by atoms with Crippen LogP contribution in [0.15, 0.2) is 42.6 Å². The lowest BCUT2D eigenvalue weighted by atomic mass is 9.96. The number of hydrogen-bond donors (Lipinski definition) is 1. The molecule has 8 heteroatoms. The van der Waals surface area contributed by atoms with E-state index in [0.29, 0.717) is 29.7 Å². The first-order chi connectivity index (χ1) is 13.6. The average molecular weight is 398 g/mol. The number of likely N-dealkylation sites (tertiary alicyclic amines) is 1. The van der Waals surface area contributed by atoms with Gasteiger partial charge in [-0.15, -0.1) is 0 Å². The molecule has 3 heterocycles. The highest BCUT2D eigenvalue weighted by atomic mass is 35.5. The summed E-state index contributed by atoms with van der Waals surface area (Å²) in [6, 6.07) is 11.0. The van der Waals surface area contributed by atoms with E-state index in [2.05, 4.69) is 20.2 Å². The quantitative estimate of drug-likeness (QED) is 0.715. The fraction of sp³-hybridized carbons (Fsp3) is 0.300. The summed E-state index contributed by atoms with van der Waals surface area (Å²) in [7, 11) is 0. The van der Waals surface area contributed by atoms with E-state index in [0.717, 1.165) is 29.9 Å². The van der Waals surface area contributed by atoms with Gasteiger partial charge in [0.05, 0.1) is 6.20 Å². The molecule has 1 amide bonds. The summed E-state index contributed by atoms with van der Waals surface area (Å²) in [5, 5.41) is 8.04. The number of carbonyl (C=O) groups excluding carboxylic acids is 1. The van der Waals surface area contributed by atoms with Gasteiger partial charge in [-0.3, -0.25) is 10.1 Å². The predicted molar refractivity (Wildman–Crippen MR) is 105 cm³/mol. The van der Waals surface area contributed by atoms with Crippen LogP contribution in [0, 0.1) is 6.92 Å². The molecule has 1 N–H and O–H groups in total. The molecule has 1 saturated heterocycles. The minimum atomic E-state index is -0.344. The van der Waals surface area contributed by atoms with Gasteiger partial charge in [0.25, 0.3) is 0 Å². The number of halogens is 1. The summed E-state index contributed by atoms with van der Waals surface area (Å²) in [6.45, 7) is 3.11. The van der Waals surface area contributed by atoms with E-state index < -0.39 is 0 Å². The summed E-state index contributed by atoms with van der Waals surface area (Å²) < 4.78 is 5.40. The zero-order chi connectivity index (χ0) is 19.5. The monoisotopic (exact) mass is 397 g/mol. The molecule has 0 aliphatic carbocycles. The van der Waals surface area contributed by atoms with Gasteiger partial charge < -0.3 is 9.64 Å². The van der Waals surface area contributed by atoms with Crippen LogP contribution in [-0.2, 0) is 0 Å². The maximum atomic E-state index is 12.3. The standard InChI is InChI=1S/C20H20ClN5O2/c1-13-2-7-17(12-22-13)28-20(27)26-10-8-15(9-11-26)19-23-18(24-25-19)14-3-5-16(21)6-4-14/h2-7,12,15H,8-11H2,1H3,(H,23,24,25). The minimum absolute atomic E-state index is 0.235. The molecule has 7 nitrogen and oxygen atoms in total. The van der Waals surface area contributed by atoms with E-state index in [1.165, 1.54) is 0 Å². The second kappa shape index (κ2) is 7.98. The van der Waals surface area contributed by atoms with Crippen molar-refractivity contribution in [1.29, 1.82) is 0 Å². The first kappa shape index (κ1) is 18.4. The molecule has 0 atom stereocenters. The van der Waals surface area contributed by atoms with Crippen molar-refractivity contribution in [2.45, 2.75) is 25.7 Å². The van der Waals surface area contributed by atoms with Crippen LogP contribution in [0.2, 0.25) is 5.02 Å². The number of rotatable bonds is 3. The smallest absolute Gasteiger partial charge is 0.409 e. The Morgan fingerprint density at radius 2 is 1.93 bits per heavy atom. The lowest BCUT2D eigenvalue weighted by molar-refractivity contribution is 0.138. The Kier molecular flexibility index (Phi) is 5.25. The Bertz CT molecular complexity index is 947. The van der Waals surface area contributed by atoms with E-state index in [9.17, 15) is 4.79 Å². The van der Waals surface area contributed by atoms with Crippen molar-refractivity contribution in [1.82, 2.24) is 25.1 Å². The highest BCUT2D eigenvalue weighted by Crippen LogP contribution is 2.28. The maximum absolute atomic E-state index is 12.3. The molecule has 0 saturated carbocycles. The summed E-state index contributed by atoms with van der Waals surface area (Å²) in [4.78, 5) is 22.8. The lowest BCUT2D eigenvalue weighted by Gasteiger charge is -2.30. The largest absolute Gasteiger partial charge is 0.415 e. The van der Waals surface area contributed by atoms with E-state index in [-0.39, 0.29) is 12.0 Å². The van der Waals surface area contributed by atoms with Crippen LogP contribution in [0.5, 0.6) is 5.75 Å². The van der Waals surface area contributed by atoms with Gasteiger partial charge in [-0.25, -0.2) is 9.78 Å². The molecule has 0 spiro atoms. The fourth-order valence-electron chi connectivity index (χ4n) is 3.20. The highest BCUT2D eigenvalue weighted by molar-refractivity contribution is 6.30. The Labute approximate surface area is 167 Å². The topological polar surface area (TPSA) is 84.0 Å². The number of carbonyl (C=O) groups is 1. The Balaban J connectivity index is 1.34. The molecular formula is C20H20ClN5O2. The number of benzene rings is 1. The van der Waals surface area contributed by atoms with Crippen LogP contribution < -0.4 is 4.74 Å². The third-order valence-corrected chi connectivity index (χ3v) is 5.09. The number of piperidine rings is 1. The molecule has 1 aromatic carbocycles. The Morgan fingerprint density at radius 3 is 2.61 bits per heavy atom. The molecule has 144 valence electrons. The number of pyridine rings is 1. The number of hydrogen-bond acceptors (Lipinski definition) is 5. The third kappa shape index (κ3) is 4.14. The average Bonchev–Trinajstić information content (AvgIpc) is 3.20. The van der Waals surface area contributed by atoms with E-state index in [4.69, 9.17) is 16.3 Å². The van der Waals surface area contributed by atoms with Gasteiger partial charge in [-0.1, -0.05) is 11.6 Å². The molecule has 3 aromatic rings. The number of amides is 1. The summed E-state index contributed by atoms with van der Waals surface area (Å²) in [5.74, 6) is 2.19. The number of nitrogens with one attached hydrogen (secondary N) is 1. The highest BCUT2D eigenvalue weighted by Gasteiger charge is 2.27. The van der Waals surface area contributed by atoms with Gasteiger partial charge in [0.15, 0.2) is 11.6 Å². The predicted octanol–water partition coefficient (Wildman–Crippen LogP) is 4.21. The van der Waals surface area contributed by atoms with E-state index in [1.807, 2.05) is 37.3 Å². The van der Waals surface area contributed by atoms with Crippen LogP contribution >= 0.6 is 11.6 Å². The minimum Gasteiger partial charge on any atom is -0.409 e. The fourth-order valence-corrected chi connectivity index (χ4v) is 3.33.